The van der Waals surface area contributed by atoms with E-state index in [1.807, 2.05) is 0 Å². The van der Waals surface area contributed by atoms with Crippen molar-refractivity contribution in [3.63, 3.8) is 0 Å². The Morgan fingerprint density at radius 2 is 1.57 bits per heavy atom. The number of hydrogen-bond acceptors (Lipinski definition) is 0. The minimum Gasteiger partial charge on any atom is -0.113 e. The minimum absolute atomic E-state index is 1.02. The normalized spacial score (nSPS) is 17.6. The van der Waals surface area contributed by atoms with E-state index in [1.54, 1.807) is 16.7 Å². The monoisotopic (exact) mass is 314 g/mol. The van der Waals surface area contributed by atoms with Crippen LogP contribution < -0.4 is 0 Å². The van der Waals surface area contributed by atoms with E-state index < -0.39 is 0 Å². The third kappa shape index (κ3) is 2.09. The quantitative estimate of drug-likeness (QED) is 0.461. The van der Waals surface area contributed by atoms with Gasteiger partial charge in [-0.1, -0.05) is 66.2 Å². The Bertz CT molecular complexity index is 949. The number of benzene rings is 3. The predicted molar refractivity (Wildman–Crippen MR) is 102 cm³/mol. The summed E-state index contributed by atoms with van der Waals surface area (Å²) in [6.07, 6.45) is 4.96. The Balaban J connectivity index is 1.90. The van der Waals surface area contributed by atoms with Crippen molar-refractivity contribution in [3.05, 3.63) is 88.5 Å². The summed E-state index contributed by atoms with van der Waals surface area (Å²) in [6.45, 7) is 0. The Morgan fingerprint density at radius 3 is 2.57 bits per heavy atom. The highest BCUT2D eigenvalue weighted by Crippen LogP contribution is 2.45. The fourth-order valence-corrected chi connectivity index (χ4v) is 5.52. The molecule has 0 nitrogen and oxygen atoms in total. The van der Waals surface area contributed by atoms with Crippen LogP contribution in [0.4, 0.5) is 0 Å². The number of hydrogen-bond donors (Lipinski definition) is 0. The molecule has 1 aliphatic carbocycles. The van der Waals surface area contributed by atoms with E-state index >= 15 is 0 Å². The molecule has 1 heterocycles. The summed E-state index contributed by atoms with van der Waals surface area (Å²) in [7, 11) is 1.02. The maximum Gasteiger partial charge on any atom is -0.00640 e. The summed E-state index contributed by atoms with van der Waals surface area (Å²) < 4.78 is 0. The molecule has 23 heavy (non-hydrogen) atoms. The van der Waals surface area contributed by atoms with Gasteiger partial charge in [-0.05, 0) is 63.8 Å². The lowest BCUT2D eigenvalue weighted by atomic mass is 9.80. The smallest absolute Gasteiger partial charge is 0.00640 e. The molecule has 1 atom stereocenters. The van der Waals surface area contributed by atoms with Gasteiger partial charge in [-0.3, -0.25) is 0 Å². The molecule has 0 amide bonds. The van der Waals surface area contributed by atoms with Gasteiger partial charge in [0.25, 0.3) is 0 Å². The van der Waals surface area contributed by atoms with Crippen LogP contribution in [0.5, 0.6) is 0 Å². The van der Waals surface area contributed by atoms with Crippen LogP contribution in [0.15, 0.2) is 66.2 Å². The minimum atomic E-state index is 1.02. The zero-order valence-electron chi connectivity index (χ0n) is 13.1. The molecule has 0 fully saturated rings. The zero-order valence-corrected chi connectivity index (χ0v) is 14.1. The average molecular weight is 314 g/mol. The molecule has 1 aliphatic heterocycles. The molecular weight excluding hydrogens is 295 g/mol. The van der Waals surface area contributed by atoms with Crippen LogP contribution >= 0.6 is 8.58 Å². The summed E-state index contributed by atoms with van der Waals surface area (Å²) in [4.78, 5) is 0. The van der Waals surface area contributed by atoms with Gasteiger partial charge < -0.3 is 0 Å². The molecule has 0 bridgehead atoms. The van der Waals surface area contributed by atoms with Crippen molar-refractivity contribution in [2.45, 2.75) is 19.0 Å². The van der Waals surface area contributed by atoms with Crippen molar-refractivity contribution in [2.75, 3.05) is 6.16 Å². The van der Waals surface area contributed by atoms with E-state index in [0.717, 1.165) is 8.58 Å². The number of fused-ring (bicyclic) bond motifs is 6. The van der Waals surface area contributed by atoms with Gasteiger partial charge in [0.05, 0.1) is 0 Å². The van der Waals surface area contributed by atoms with E-state index in [1.165, 1.54) is 52.6 Å². The van der Waals surface area contributed by atoms with Crippen molar-refractivity contribution in [3.8, 4) is 0 Å². The van der Waals surface area contributed by atoms with E-state index in [4.69, 9.17) is 0 Å². The van der Waals surface area contributed by atoms with Gasteiger partial charge in [0.1, 0.15) is 0 Å². The summed E-state index contributed by atoms with van der Waals surface area (Å²) in [5.74, 6) is 0. The molecule has 0 saturated carbocycles. The second-order valence-electron chi connectivity index (χ2n) is 6.56. The molecule has 2 aliphatic rings. The van der Waals surface area contributed by atoms with Gasteiger partial charge >= 0.3 is 0 Å². The first-order chi connectivity index (χ1) is 11.4. The lowest BCUT2D eigenvalue weighted by Crippen LogP contribution is -2.07. The predicted octanol–water partition coefficient (Wildman–Crippen LogP) is 5.78. The summed E-state index contributed by atoms with van der Waals surface area (Å²) in [6, 6.07) is 22.6. The van der Waals surface area contributed by atoms with Crippen LogP contribution in [0.1, 0.15) is 28.7 Å². The molecule has 112 valence electrons. The maximum atomic E-state index is 2.37. The van der Waals surface area contributed by atoms with E-state index in [2.05, 4.69) is 60.7 Å². The first kappa shape index (κ1) is 13.5. The van der Waals surface area contributed by atoms with E-state index in [0.29, 0.717) is 0 Å². The zero-order chi connectivity index (χ0) is 15.2. The molecule has 0 N–H and O–H groups in total. The van der Waals surface area contributed by atoms with Crippen molar-refractivity contribution < 1.29 is 0 Å². The van der Waals surface area contributed by atoms with Gasteiger partial charge in [0.15, 0.2) is 0 Å². The third-order valence-corrected chi connectivity index (χ3v) is 6.56. The maximum absolute atomic E-state index is 2.37. The molecule has 3 aromatic carbocycles. The van der Waals surface area contributed by atoms with E-state index in [9.17, 15) is 0 Å². The van der Waals surface area contributed by atoms with Crippen LogP contribution in [-0.4, -0.2) is 6.16 Å². The van der Waals surface area contributed by atoms with Crippen LogP contribution in [0, 0.1) is 0 Å². The van der Waals surface area contributed by atoms with Crippen molar-refractivity contribution in [2.24, 2.45) is 0 Å². The molecule has 3 aromatic rings. The van der Waals surface area contributed by atoms with Crippen molar-refractivity contribution in [1.82, 2.24) is 0 Å². The summed E-state index contributed by atoms with van der Waals surface area (Å²) >= 11 is 0. The van der Waals surface area contributed by atoms with Gasteiger partial charge in [0.2, 0.25) is 0 Å². The number of aryl methyl sites for hydroxylation is 1. The van der Waals surface area contributed by atoms with Crippen molar-refractivity contribution in [1.29, 1.82) is 0 Å². The standard InChI is InChI=1S/C22H19P/c1-3-7-19-15(5-1)9-11-17-13-23-14-18-12-10-16-6-2-4-8-20(16)22(18)21(17)19/h1-9,11,23H,10,12-14H2. The molecular formula is C22H19P. The van der Waals surface area contributed by atoms with Gasteiger partial charge in [-0.15, -0.1) is 8.58 Å². The third-order valence-electron chi connectivity index (χ3n) is 5.26. The molecule has 0 saturated heterocycles. The Hall–Kier alpha value is -1.91. The summed E-state index contributed by atoms with van der Waals surface area (Å²) in [5, 5.41) is 2.80. The van der Waals surface area contributed by atoms with Crippen LogP contribution in [0.2, 0.25) is 0 Å². The highest BCUT2D eigenvalue weighted by molar-refractivity contribution is 7.37. The Kier molecular flexibility index (Phi) is 3.13. The van der Waals surface area contributed by atoms with Crippen LogP contribution in [0.25, 0.3) is 16.3 Å². The molecule has 0 spiro atoms. The summed E-state index contributed by atoms with van der Waals surface area (Å²) in [5.41, 5.74) is 9.33. The number of rotatable bonds is 0. The molecule has 0 aromatic heterocycles. The molecule has 0 radical (unpaired) electrons. The lowest BCUT2D eigenvalue weighted by Gasteiger charge is -2.24. The average Bonchev–Trinajstić information content (AvgIpc) is 2.81. The highest BCUT2D eigenvalue weighted by Gasteiger charge is 2.25. The Morgan fingerprint density at radius 1 is 0.696 bits per heavy atom. The van der Waals surface area contributed by atoms with Crippen molar-refractivity contribution >= 4 is 24.9 Å². The number of allylic oxidation sites excluding steroid dienone is 1. The molecule has 1 unspecified atom stereocenters. The molecule has 5 rings (SSSR count). The fraction of sp³-hybridized carbons (Fsp3) is 0.182. The second-order valence-corrected chi connectivity index (χ2v) is 7.77. The first-order valence-corrected chi connectivity index (χ1v) is 9.85. The topological polar surface area (TPSA) is 0 Å². The SMILES string of the molecule is c1ccc2c(c1)CCC1=C2c2c(ccc3ccccc23)CPC1. The van der Waals surface area contributed by atoms with Crippen LogP contribution in [-0.2, 0) is 12.6 Å². The largest absolute Gasteiger partial charge is 0.113 e. The van der Waals surface area contributed by atoms with Gasteiger partial charge in [-0.25, -0.2) is 0 Å². The Labute approximate surface area is 139 Å². The van der Waals surface area contributed by atoms with E-state index in [-0.39, 0.29) is 0 Å². The molecule has 1 heteroatoms. The lowest BCUT2D eigenvalue weighted by molar-refractivity contribution is 0.922. The fourth-order valence-electron chi connectivity index (χ4n) is 4.18. The van der Waals surface area contributed by atoms with Crippen LogP contribution in [0.3, 0.4) is 0 Å². The van der Waals surface area contributed by atoms with Gasteiger partial charge in [0, 0.05) is 0 Å². The first-order valence-electron chi connectivity index (χ1n) is 8.44. The highest BCUT2D eigenvalue weighted by atomic mass is 31.1. The van der Waals surface area contributed by atoms with Gasteiger partial charge in [-0.2, -0.15) is 0 Å². The second kappa shape index (κ2) is 5.32.